The molecule has 31 heavy (non-hydrogen) atoms. The number of nitrogens with two attached hydrogens (primary N) is 2. The van der Waals surface area contributed by atoms with Gasteiger partial charge in [0.15, 0.2) is 0 Å². The molecule has 0 spiro atoms. The Morgan fingerprint density at radius 1 is 1.10 bits per heavy atom. The van der Waals surface area contributed by atoms with E-state index in [0.717, 1.165) is 34.2 Å². The topological polar surface area (TPSA) is 136 Å². The predicted molar refractivity (Wildman–Crippen MR) is 120 cm³/mol. The molecule has 8 nitrogen and oxygen atoms in total. The minimum absolute atomic E-state index is 0.248. The first-order valence-corrected chi connectivity index (χ1v) is 10.4. The summed E-state index contributed by atoms with van der Waals surface area (Å²) < 4.78 is 1.84. The number of fused-ring (bicyclic) bond motifs is 2. The summed E-state index contributed by atoms with van der Waals surface area (Å²) in [7, 11) is 0. The van der Waals surface area contributed by atoms with Gasteiger partial charge in [0.2, 0.25) is 0 Å². The van der Waals surface area contributed by atoms with Crippen molar-refractivity contribution in [3.05, 3.63) is 59.6 Å². The van der Waals surface area contributed by atoms with Crippen LogP contribution in [0.4, 0.5) is 11.5 Å². The maximum atomic E-state index is 10.7. The van der Waals surface area contributed by atoms with E-state index in [1.807, 2.05) is 22.9 Å². The Morgan fingerprint density at radius 2 is 1.90 bits per heavy atom. The average molecular weight is 419 g/mol. The van der Waals surface area contributed by atoms with Crippen molar-refractivity contribution >= 4 is 28.4 Å². The summed E-state index contributed by atoms with van der Waals surface area (Å²) in [6.45, 7) is 4.14. The molecule has 0 radical (unpaired) electrons. The van der Waals surface area contributed by atoms with Crippen LogP contribution in [0.2, 0.25) is 0 Å². The molecule has 3 heterocycles. The predicted octanol–water partition coefficient (Wildman–Crippen LogP) is 2.13. The van der Waals surface area contributed by atoms with Crippen molar-refractivity contribution in [3.8, 4) is 0 Å². The zero-order chi connectivity index (χ0) is 21.9. The molecular formula is C23H26N6O2. The van der Waals surface area contributed by atoms with Gasteiger partial charge in [-0.25, -0.2) is 15.0 Å². The highest BCUT2D eigenvalue weighted by atomic mass is 16.3. The smallest absolute Gasteiger partial charge is 0.146 e. The number of benzene rings is 1. The van der Waals surface area contributed by atoms with Gasteiger partial charge in [-0.2, -0.15) is 0 Å². The molecule has 8 heteroatoms. The Balaban J connectivity index is 1.38. The van der Waals surface area contributed by atoms with Gasteiger partial charge in [0.25, 0.3) is 0 Å². The van der Waals surface area contributed by atoms with Gasteiger partial charge >= 0.3 is 0 Å². The minimum Gasteiger partial charge on any atom is -0.388 e. The third-order valence-electron chi connectivity index (χ3n) is 6.62. The van der Waals surface area contributed by atoms with Crippen LogP contribution in [0.1, 0.15) is 37.4 Å². The number of aliphatic hydroxyl groups is 2. The molecule has 5 rings (SSSR count). The van der Waals surface area contributed by atoms with E-state index in [-0.39, 0.29) is 5.41 Å². The summed E-state index contributed by atoms with van der Waals surface area (Å²) in [4.78, 5) is 12.8. The van der Waals surface area contributed by atoms with Crippen molar-refractivity contribution in [1.29, 1.82) is 0 Å². The van der Waals surface area contributed by atoms with E-state index in [2.05, 4.69) is 47.0 Å². The second-order valence-electron chi connectivity index (χ2n) is 8.86. The van der Waals surface area contributed by atoms with Crippen molar-refractivity contribution < 1.29 is 10.2 Å². The molecule has 2 aliphatic rings. The molecule has 0 saturated heterocycles. The monoisotopic (exact) mass is 418 g/mol. The van der Waals surface area contributed by atoms with Gasteiger partial charge in [-0.1, -0.05) is 18.2 Å². The standard InChI is InChI=1S/C23H26N6O2/c1-23(2)15-6-4-12(9-16(15)28-22(23)25)3-5-13-10-17(19(31)18(13)30)29-8-7-14-20(24)26-11-27-21(14)29/h4,6-11,17-19,30-31H,3,5H2,1-2H3,(H2,25,28)(H2,24,26,27). The van der Waals surface area contributed by atoms with Gasteiger partial charge < -0.3 is 26.2 Å². The molecule has 3 aromatic rings. The number of nitrogens with zero attached hydrogens (tertiary/aromatic N) is 4. The maximum absolute atomic E-state index is 10.7. The molecule has 0 saturated carbocycles. The number of hydrogen-bond donors (Lipinski definition) is 4. The molecule has 2 aromatic heterocycles. The fourth-order valence-electron chi connectivity index (χ4n) is 4.58. The van der Waals surface area contributed by atoms with Gasteiger partial charge in [-0.3, -0.25) is 0 Å². The lowest BCUT2D eigenvalue weighted by Gasteiger charge is -2.20. The first kappa shape index (κ1) is 19.7. The SMILES string of the molecule is CC1(C)C(N)=Nc2cc(CCC3=CC(n4ccc5c(N)ncnc54)C(O)C3O)ccc21. The molecule has 1 aliphatic carbocycles. The number of amidine groups is 1. The number of anilines is 1. The zero-order valence-electron chi connectivity index (χ0n) is 17.5. The Kier molecular flexibility index (Phi) is 4.39. The highest BCUT2D eigenvalue weighted by Gasteiger charge is 2.36. The third-order valence-corrected chi connectivity index (χ3v) is 6.62. The molecule has 0 amide bonds. The van der Waals surface area contributed by atoms with E-state index in [4.69, 9.17) is 11.5 Å². The van der Waals surface area contributed by atoms with Gasteiger partial charge in [0, 0.05) is 11.6 Å². The van der Waals surface area contributed by atoms with Crippen LogP contribution in [-0.2, 0) is 11.8 Å². The highest BCUT2D eigenvalue weighted by molar-refractivity contribution is 5.98. The lowest BCUT2D eigenvalue weighted by molar-refractivity contribution is 0.0317. The summed E-state index contributed by atoms with van der Waals surface area (Å²) in [6, 6.07) is 7.65. The number of aliphatic imine (C=N–C) groups is 1. The Bertz CT molecular complexity index is 1240. The molecule has 0 bridgehead atoms. The zero-order valence-corrected chi connectivity index (χ0v) is 17.5. The minimum atomic E-state index is -0.952. The normalized spacial score (nSPS) is 24.3. The highest BCUT2D eigenvalue weighted by Crippen LogP contribution is 2.40. The van der Waals surface area contributed by atoms with Crippen LogP contribution in [-0.4, -0.2) is 42.8 Å². The van der Waals surface area contributed by atoms with Crippen LogP contribution < -0.4 is 11.5 Å². The van der Waals surface area contributed by atoms with Crippen molar-refractivity contribution in [3.63, 3.8) is 0 Å². The second-order valence-corrected chi connectivity index (χ2v) is 8.86. The Morgan fingerprint density at radius 3 is 2.71 bits per heavy atom. The van der Waals surface area contributed by atoms with Crippen molar-refractivity contribution in [2.24, 2.45) is 10.7 Å². The molecule has 1 aliphatic heterocycles. The van der Waals surface area contributed by atoms with Crippen molar-refractivity contribution in [1.82, 2.24) is 14.5 Å². The van der Waals surface area contributed by atoms with Crippen LogP contribution in [0, 0.1) is 0 Å². The quantitative estimate of drug-likeness (QED) is 0.479. The first-order chi connectivity index (χ1) is 14.8. The van der Waals surface area contributed by atoms with Crippen LogP contribution >= 0.6 is 0 Å². The number of hydrogen-bond acceptors (Lipinski definition) is 7. The summed E-state index contributed by atoms with van der Waals surface area (Å²) >= 11 is 0. The maximum Gasteiger partial charge on any atom is 0.146 e. The summed E-state index contributed by atoms with van der Waals surface area (Å²) in [5.74, 6) is 1.02. The van der Waals surface area contributed by atoms with E-state index in [0.29, 0.717) is 23.7 Å². The van der Waals surface area contributed by atoms with Crippen molar-refractivity contribution in [2.45, 2.75) is 50.4 Å². The van der Waals surface area contributed by atoms with Gasteiger partial charge in [-0.05, 0) is 55.5 Å². The molecular weight excluding hydrogens is 392 g/mol. The van der Waals surface area contributed by atoms with Crippen LogP contribution in [0.25, 0.3) is 11.0 Å². The molecule has 0 fully saturated rings. The summed E-state index contributed by atoms with van der Waals surface area (Å²) in [5.41, 5.74) is 16.4. The van der Waals surface area contributed by atoms with E-state index in [1.165, 1.54) is 6.33 Å². The average Bonchev–Trinajstić information content (AvgIpc) is 3.35. The van der Waals surface area contributed by atoms with E-state index >= 15 is 0 Å². The van der Waals surface area contributed by atoms with Gasteiger partial charge in [0.05, 0.1) is 17.1 Å². The van der Waals surface area contributed by atoms with E-state index in [9.17, 15) is 10.2 Å². The number of aliphatic hydroxyl groups excluding tert-OH is 2. The number of aromatic nitrogens is 3. The number of rotatable bonds is 4. The molecule has 160 valence electrons. The van der Waals surface area contributed by atoms with Crippen LogP contribution in [0.15, 0.2) is 53.4 Å². The van der Waals surface area contributed by atoms with E-state index < -0.39 is 18.2 Å². The van der Waals surface area contributed by atoms with Crippen LogP contribution in [0.5, 0.6) is 0 Å². The van der Waals surface area contributed by atoms with Crippen LogP contribution in [0.3, 0.4) is 0 Å². The molecule has 6 N–H and O–H groups in total. The lowest BCUT2D eigenvalue weighted by Crippen LogP contribution is -2.32. The fraction of sp³-hybridized carbons (Fsp3) is 0.348. The summed E-state index contributed by atoms with van der Waals surface area (Å²) in [5, 5.41) is 22.1. The first-order valence-electron chi connectivity index (χ1n) is 10.4. The van der Waals surface area contributed by atoms with Gasteiger partial charge in [0.1, 0.15) is 35.8 Å². The molecule has 3 atom stereocenters. The third kappa shape index (κ3) is 3.02. The van der Waals surface area contributed by atoms with Crippen molar-refractivity contribution in [2.75, 3.05) is 5.73 Å². The fourth-order valence-corrected chi connectivity index (χ4v) is 4.58. The number of nitrogen functional groups attached to an aromatic ring is 1. The Hall–Kier alpha value is -3.23. The van der Waals surface area contributed by atoms with Gasteiger partial charge in [-0.15, -0.1) is 0 Å². The van der Waals surface area contributed by atoms with E-state index in [1.54, 1.807) is 0 Å². The lowest BCUT2D eigenvalue weighted by atomic mass is 9.84. The second kappa shape index (κ2) is 6.90. The molecule has 1 aromatic carbocycles. The largest absolute Gasteiger partial charge is 0.388 e. The Labute approximate surface area is 180 Å². The number of aryl methyl sites for hydroxylation is 1. The summed E-state index contributed by atoms with van der Waals surface area (Å²) in [6.07, 6.45) is 4.64. The molecule has 3 unspecified atom stereocenters.